The molecule has 2 N–H and O–H groups in total. The molecular formula is C14H14N2O6S. The first-order chi connectivity index (χ1) is 10.9. The van der Waals surface area contributed by atoms with Crippen LogP contribution in [0.1, 0.15) is 10.4 Å². The van der Waals surface area contributed by atoms with Crippen LogP contribution in [0, 0.1) is 0 Å². The molecule has 0 spiro atoms. The number of sulfonamides is 1. The number of hydrogen-bond donors (Lipinski definition) is 2. The van der Waals surface area contributed by atoms with Crippen molar-refractivity contribution in [2.75, 3.05) is 18.9 Å². The zero-order valence-electron chi connectivity index (χ0n) is 12.3. The van der Waals surface area contributed by atoms with Crippen molar-refractivity contribution in [1.82, 2.24) is 4.98 Å². The summed E-state index contributed by atoms with van der Waals surface area (Å²) in [4.78, 5) is 14.7. The van der Waals surface area contributed by atoms with E-state index >= 15 is 0 Å². The Hall–Kier alpha value is -2.81. The lowest BCUT2D eigenvalue weighted by atomic mass is 10.2. The molecule has 0 unspecified atom stereocenters. The van der Waals surface area contributed by atoms with Gasteiger partial charge in [-0.3, -0.25) is 4.72 Å². The molecule has 0 saturated heterocycles. The minimum absolute atomic E-state index is 0.00681. The quantitative estimate of drug-likeness (QED) is 0.822. The van der Waals surface area contributed by atoms with Crippen molar-refractivity contribution in [3.63, 3.8) is 0 Å². The molecule has 0 atom stereocenters. The topological polar surface area (TPSA) is 115 Å². The molecule has 0 aliphatic carbocycles. The molecule has 9 heteroatoms. The molecule has 2 aromatic rings. The van der Waals surface area contributed by atoms with E-state index in [-0.39, 0.29) is 27.9 Å². The van der Waals surface area contributed by atoms with Gasteiger partial charge in [0.1, 0.15) is 5.69 Å². The van der Waals surface area contributed by atoms with Gasteiger partial charge in [-0.05, 0) is 30.3 Å². The van der Waals surface area contributed by atoms with Crippen molar-refractivity contribution < 1.29 is 27.8 Å². The Morgan fingerprint density at radius 3 is 2.26 bits per heavy atom. The number of carboxylic acids is 1. The molecular weight excluding hydrogens is 324 g/mol. The first-order valence-electron chi connectivity index (χ1n) is 6.32. The van der Waals surface area contributed by atoms with Crippen molar-refractivity contribution in [3.8, 4) is 11.8 Å². The monoisotopic (exact) mass is 338 g/mol. The van der Waals surface area contributed by atoms with Crippen molar-refractivity contribution in [3.05, 3.63) is 42.0 Å². The number of nitrogens with zero attached hydrogens (tertiary/aromatic N) is 1. The summed E-state index contributed by atoms with van der Waals surface area (Å²) in [5, 5.41) is 8.83. The molecule has 8 nitrogen and oxygen atoms in total. The highest BCUT2D eigenvalue weighted by Gasteiger charge is 2.18. The van der Waals surface area contributed by atoms with E-state index in [1.54, 1.807) is 0 Å². The smallest absolute Gasteiger partial charge is 0.335 e. The van der Waals surface area contributed by atoms with Gasteiger partial charge >= 0.3 is 5.97 Å². The molecule has 0 bridgehead atoms. The average molecular weight is 338 g/mol. The van der Waals surface area contributed by atoms with Crippen LogP contribution in [-0.4, -0.2) is 38.7 Å². The van der Waals surface area contributed by atoms with Gasteiger partial charge < -0.3 is 14.6 Å². The van der Waals surface area contributed by atoms with Crippen LogP contribution in [-0.2, 0) is 10.0 Å². The predicted molar refractivity (Wildman–Crippen MR) is 81.6 cm³/mol. The van der Waals surface area contributed by atoms with Crippen LogP contribution in [0.5, 0.6) is 11.8 Å². The van der Waals surface area contributed by atoms with Gasteiger partial charge in [-0.15, -0.1) is 0 Å². The molecule has 0 fully saturated rings. The zero-order chi connectivity index (χ0) is 17.0. The fourth-order valence-corrected chi connectivity index (χ4v) is 2.81. The second-order valence-electron chi connectivity index (χ2n) is 4.35. The Bertz CT molecular complexity index is 818. The van der Waals surface area contributed by atoms with E-state index in [0.717, 1.165) is 0 Å². The standard InChI is InChI=1S/C14H14N2O6S/c1-21-12-8-7-11(13(15-12)22-2)16-23(19,20)10-5-3-9(4-6-10)14(17)18/h3-8,16H,1-2H3,(H,17,18). The number of carboxylic acid groups (broad SMARTS) is 1. The summed E-state index contributed by atoms with van der Waals surface area (Å²) in [6.07, 6.45) is 0. The molecule has 0 aliphatic rings. The van der Waals surface area contributed by atoms with Crippen LogP contribution in [0.4, 0.5) is 5.69 Å². The van der Waals surface area contributed by atoms with Gasteiger partial charge in [-0.2, -0.15) is 4.98 Å². The largest absolute Gasteiger partial charge is 0.481 e. The number of ether oxygens (including phenoxy) is 2. The number of methoxy groups -OCH3 is 2. The molecule has 122 valence electrons. The lowest BCUT2D eigenvalue weighted by Crippen LogP contribution is -2.14. The second-order valence-corrected chi connectivity index (χ2v) is 6.03. The van der Waals surface area contributed by atoms with Crippen LogP contribution >= 0.6 is 0 Å². The van der Waals surface area contributed by atoms with E-state index in [2.05, 4.69) is 9.71 Å². The number of rotatable bonds is 6. The Balaban J connectivity index is 2.32. The molecule has 2 rings (SSSR count). The van der Waals surface area contributed by atoms with Crippen molar-refractivity contribution in [2.45, 2.75) is 4.90 Å². The number of hydrogen-bond acceptors (Lipinski definition) is 6. The fraction of sp³-hybridized carbons (Fsp3) is 0.143. The molecule has 1 aromatic heterocycles. The van der Waals surface area contributed by atoms with E-state index in [1.807, 2.05) is 0 Å². The maximum atomic E-state index is 12.3. The predicted octanol–water partition coefficient (Wildman–Crippen LogP) is 1.60. The van der Waals surface area contributed by atoms with Gasteiger partial charge in [0.15, 0.2) is 0 Å². The SMILES string of the molecule is COc1ccc(NS(=O)(=O)c2ccc(C(=O)O)cc2)c(OC)n1. The molecule has 1 aromatic carbocycles. The van der Waals surface area contributed by atoms with Gasteiger partial charge in [0.25, 0.3) is 10.0 Å². The molecule has 0 amide bonds. The molecule has 0 saturated carbocycles. The number of aromatic carboxylic acids is 1. The number of benzene rings is 1. The Morgan fingerprint density at radius 1 is 1.09 bits per heavy atom. The number of aromatic nitrogens is 1. The lowest BCUT2D eigenvalue weighted by molar-refractivity contribution is 0.0696. The summed E-state index contributed by atoms with van der Waals surface area (Å²) in [6, 6.07) is 7.76. The van der Waals surface area contributed by atoms with Gasteiger partial charge in [0.2, 0.25) is 11.8 Å². The first kappa shape index (κ1) is 16.6. The van der Waals surface area contributed by atoms with Crippen LogP contribution < -0.4 is 14.2 Å². The normalized spacial score (nSPS) is 10.9. The Labute approximate surface area is 132 Å². The maximum absolute atomic E-state index is 12.3. The van der Waals surface area contributed by atoms with Gasteiger partial charge in [-0.1, -0.05) is 0 Å². The summed E-state index contributed by atoms with van der Waals surface area (Å²) < 4.78 is 37.0. The Kier molecular flexibility index (Phi) is 4.70. The summed E-state index contributed by atoms with van der Waals surface area (Å²) in [6.45, 7) is 0. The summed E-state index contributed by atoms with van der Waals surface area (Å²) in [7, 11) is -1.14. The van der Waals surface area contributed by atoms with Crippen LogP contribution in [0.2, 0.25) is 0 Å². The zero-order valence-corrected chi connectivity index (χ0v) is 13.1. The first-order valence-corrected chi connectivity index (χ1v) is 7.81. The van der Waals surface area contributed by atoms with Gasteiger partial charge in [0, 0.05) is 6.07 Å². The minimum Gasteiger partial charge on any atom is -0.481 e. The molecule has 0 radical (unpaired) electrons. The van der Waals surface area contributed by atoms with Crippen LogP contribution in [0.3, 0.4) is 0 Å². The highest BCUT2D eigenvalue weighted by atomic mass is 32.2. The fourth-order valence-electron chi connectivity index (χ4n) is 1.75. The number of anilines is 1. The summed E-state index contributed by atoms with van der Waals surface area (Å²) in [5.74, 6) is -0.811. The highest BCUT2D eigenvalue weighted by molar-refractivity contribution is 7.92. The minimum atomic E-state index is -3.91. The lowest BCUT2D eigenvalue weighted by Gasteiger charge is -2.12. The molecule has 0 aliphatic heterocycles. The number of nitrogens with one attached hydrogen (secondary N) is 1. The van der Waals surface area contributed by atoms with E-state index in [1.165, 1.54) is 50.6 Å². The summed E-state index contributed by atoms with van der Waals surface area (Å²) >= 11 is 0. The molecule has 1 heterocycles. The van der Waals surface area contributed by atoms with Gasteiger partial charge in [-0.25, -0.2) is 13.2 Å². The maximum Gasteiger partial charge on any atom is 0.335 e. The number of carbonyl (C=O) groups is 1. The van der Waals surface area contributed by atoms with Crippen molar-refractivity contribution in [1.29, 1.82) is 0 Å². The Morgan fingerprint density at radius 2 is 1.74 bits per heavy atom. The summed E-state index contributed by atoms with van der Waals surface area (Å²) in [5.41, 5.74) is 0.128. The third-order valence-electron chi connectivity index (χ3n) is 2.89. The number of pyridine rings is 1. The van der Waals surface area contributed by atoms with Crippen LogP contribution in [0.15, 0.2) is 41.3 Å². The van der Waals surface area contributed by atoms with E-state index in [4.69, 9.17) is 14.6 Å². The van der Waals surface area contributed by atoms with Gasteiger partial charge in [0.05, 0.1) is 24.7 Å². The van der Waals surface area contributed by atoms with E-state index in [0.29, 0.717) is 0 Å². The van der Waals surface area contributed by atoms with E-state index in [9.17, 15) is 13.2 Å². The van der Waals surface area contributed by atoms with E-state index < -0.39 is 16.0 Å². The third-order valence-corrected chi connectivity index (χ3v) is 4.27. The molecule has 23 heavy (non-hydrogen) atoms. The highest BCUT2D eigenvalue weighted by Crippen LogP contribution is 2.27. The van der Waals surface area contributed by atoms with Crippen molar-refractivity contribution >= 4 is 21.7 Å². The third kappa shape index (κ3) is 3.69. The second kappa shape index (κ2) is 6.53. The average Bonchev–Trinajstić information content (AvgIpc) is 2.55. The van der Waals surface area contributed by atoms with Crippen molar-refractivity contribution in [2.24, 2.45) is 0 Å². The van der Waals surface area contributed by atoms with Crippen LogP contribution in [0.25, 0.3) is 0 Å².